The standard InChI is InChI=1S/C15H19ClN2OS/c16-12-8-7-11(14(17)20)9-13(12)18-15(19)10-5-3-1-2-4-6-10/h7-10H,1-6H2,(H2,17,20)(H,18,19). The molecule has 0 saturated heterocycles. The molecule has 2 rings (SSSR count). The predicted octanol–water partition coefficient (Wildman–Crippen LogP) is 3.88. The molecule has 1 aliphatic carbocycles. The van der Waals surface area contributed by atoms with Gasteiger partial charge in [-0.1, -0.05) is 55.6 Å². The van der Waals surface area contributed by atoms with Gasteiger partial charge in [0.1, 0.15) is 4.99 Å². The predicted molar refractivity (Wildman–Crippen MR) is 87.2 cm³/mol. The van der Waals surface area contributed by atoms with E-state index in [-0.39, 0.29) is 11.8 Å². The summed E-state index contributed by atoms with van der Waals surface area (Å²) in [5, 5.41) is 3.42. The zero-order valence-corrected chi connectivity index (χ0v) is 12.9. The lowest BCUT2D eigenvalue weighted by Crippen LogP contribution is -2.22. The first-order chi connectivity index (χ1) is 9.58. The van der Waals surface area contributed by atoms with Gasteiger partial charge in [0.2, 0.25) is 5.91 Å². The first kappa shape index (κ1) is 15.3. The Kier molecular flexibility index (Phi) is 5.38. The molecule has 0 aromatic heterocycles. The largest absolute Gasteiger partial charge is 0.389 e. The Morgan fingerprint density at radius 1 is 1.25 bits per heavy atom. The Morgan fingerprint density at radius 2 is 1.90 bits per heavy atom. The zero-order valence-electron chi connectivity index (χ0n) is 11.3. The van der Waals surface area contributed by atoms with Crippen molar-refractivity contribution in [3.63, 3.8) is 0 Å². The summed E-state index contributed by atoms with van der Waals surface area (Å²) in [5.41, 5.74) is 6.90. The molecule has 0 heterocycles. The van der Waals surface area contributed by atoms with Gasteiger partial charge in [-0.2, -0.15) is 0 Å². The third kappa shape index (κ3) is 3.93. The quantitative estimate of drug-likeness (QED) is 0.658. The van der Waals surface area contributed by atoms with Crippen molar-refractivity contribution in [3.8, 4) is 0 Å². The summed E-state index contributed by atoms with van der Waals surface area (Å²) >= 11 is 11.1. The lowest BCUT2D eigenvalue weighted by atomic mass is 9.99. The number of benzene rings is 1. The molecule has 3 nitrogen and oxygen atoms in total. The molecule has 0 spiro atoms. The lowest BCUT2D eigenvalue weighted by molar-refractivity contribution is -0.120. The molecule has 1 saturated carbocycles. The van der Waals surface area contributed by atoms with Crippen LogP contribution in [0.3, 0.4) is 0 Å². The van der Waals surface area contributed by atoms with Gasteiger partial charge < -0.3 is 11.1 Å². The van der Waals surface area contributed by atoms with Crippen molar-refractivity contribution in [1.82, 2.24) is 0 Å². The Morgan fingerprint density at radius 3 is 2.50 bits per heavy atom. The number of halogens is 1. The summed E-state index contributed by atoms with van der Waals surface area (Å²) in [6.45, 7) is 0. The van der Waals surface area contributed by atoms with Gasteiger partial charge in [0, 0.05) is 11.5 Å². The van der Waals surface area contributed by atoms with Crippen molar-refractivity contribution in [1.29, 1.82) is 0 Å². The van der Waals surface area contributed by atoms with Gasteiger partial charge in [-0.3, -0.25) is 4.79 Å². The van der Waals surface area contributed by atoms with Crippen molar-refractivity contribution in [2.45, 2.75) is 38.5 Å². The van der Waals surface area contributed by atoms with Crippen molar-refractivity contribution in [3.05, 3.63) is 28.8 Å². The van der Waals surface area contributed by atoms with Gasteiger partial charge in [-0.15, -0.1) is 0 Å². The molecule has 1 amide bonds. The maximum absolute atomic E-state index is 12.3. The zero-order chi connectivity index (χ0) is 14.5. The molecule has 0 atom stereocenters. The normalized spacial score (nSPS) is 16.4. The van der Waals surface area contributed by atoms with Crippen molar-refractivity contribution >= 4 is 40.4 Å². The second-order valence-electron chi connectivity index (χ2n) is 5.24. The second kappa shape index (κ2) is 7.04. The minimum Gasteiger partial charge on any atom is -0.389 e. The first-order valence-electron chi connectivity index (χ1n) is 6.98. The molecule has 3 N–H and O–H groups in total. The highest BCUT2D eigenvalue weighted by Gasteiger charge is 2.20. The molecule has 0 bridgehead atoms. The first-order valence-corrected chi connectivity index (χ1v) is 7.77. The van der Waals surface area contributed by atoms with Crippen LogP contribution in [0.15, 0.2) is 18.2 Å². The summed E-state index contributed by atoms with van der Waals surface area (Å²) in [6, 6.07) is 5.20. The molecule has 1 aliphatic rings. The molecule has 20 heavy (non-hydrogen) atoms. The molecule has 5 heteroatoms. The van der Waals surface area contributed by atoms with Gasteiger partial charge in [0.15, 0.2) is 0 Å². The average Bonchev–Trinajstić information content (AvgIpc) is 2.70. The summed E-state index contributed by atoms with van der Waals surface area (Å²) in [5.74, 6) is 0.135. The SMILES string of the molecule is NC(=S)c1ccc(Cl)c(NC(=O)C2CCCCCC2)c1. The number of carbonyl (C=O) groups excluding carboxylic acids is 1. The van der Waals surface area contributed by atoms with Crippen LogP contribution >= 0.6 is 23.8 Å². The third-order valence-electron chi connectivity index (χ3n) is 3.73. The monoisotopic (exact) mass is 310 g/mol. The average molecular weight is 311 g/mol. The van der Waals surface area contributed by atoms with Crippen molar-refractivity contribution < 1.29 is 4.79 Å². The highest BCUT2D eigenvalue weighted by Crippen LogP contribution is 2.27. The Hall–Kier alpha value is -1.13. The van der Waals surface area contributed by atoms with E-state index in [2.05, 4.69) is 5.32 Å². The van der Waals surface area contributed by atoms with Crippen molar-refractivity contribution in [2.75, 3.05) is 5.32 Å². The molecule has 1 fully saturated rings. The van der Waals surface area contributed by atoms with Gasteiger partial charge >= 0.3 is 0 Å². The maximum atomic E-state index is 12.3. The number of hydrogen-bond donors (Lipinski definition) is 2. The van der Waals surface area contributed by atoms with E-state index in [9.17, 15) is 4.79 Å². The Balaban J connectivity index is 2.10. The number of nitrogens with two attached hydrogens (primary N) is 1. The molecule has 0 unspecified atom stereocenters. The topological polar surface area (TPSA) is 55.1 Å². The fraction of sp³-hybridized carbons (Fsp3) is 0.467. The molecule has 0 aliphatic heterocycles. The van der Waals surface area contributed by atoms with E-state index in [1.54, 1.807) is 18.2 Å². The van der Waals surface area contributed by atoms with Gasteiger partial charge in [0.25, 0.3) is 0 Å². The van der Waals surface area contributed by atoms with E-state index < -0.39 is 0 Å². The molecular weight excluding hydrogens is 292 g/mol. The number of thiocarbonyl (C=S) groups is 1. The van der Waals surface area contributed by atoms with Crippen LogP contribution in [0.4, 0.5) is 5.69 Å². The van der Waals surface area contributed by atoms with E-state index in [1.165, 1.54) is 12.8 Å². The summed E-state index contributed by atoms with van der Waals surface area (Å²) in [4.78, 5) is 12.6. The van der Waals surface area contributed by atoms with Crippen LogP contribution in [0, 0.1) is 5.92 Å². The Bertz CT molecular complexity index is 511. The van der Waals surface area contributed by atoms with E-state index in [0.717, 1.165) is 25.7 Å². The molecule has 1 aromatic carbocycles. The van der Waals surface area contributed by atoms with Crippen LogP contribution < -0.4 is 11.1 Å². The number of anilines is 1. The fourth-order valence-corrected chi connectivity index (χ4v) is 2.84. The summed E-state index contributed by atoms with van der Waals surface area (Å²) < 4.78 is 0. The van der Waals surface area contributed by atoms with Crippen LogP contribution in [0.25, 0.3) is 0 Å². The van der Waals surface area contributed by atoms with E-state index in [1.807, 2.05) is 0 Å². The number of amides is 1. The van der Waals surface area contributed by atoms with Crippen LogP contribution in [0.5, 0.6) is 0 Å². The smallest absolute Gasteiger partial charge is 0.227 e. The summed E-state index contributed by atoms with van der Waals surface area (Å²) in [7, 11) is 0. The number of nitrogens with one attached hydrogen (secondary N) is 1. The number of rotatable bonds is 3. The number of hydrogen-bond acceptors (Lipinski definition) is 2. The summed E-state index contributed by atoms with van der Waals surface area (Å²) in [6.07, 6.45) is 6.61. The van der Waals surface area contributed by atoms with Gasteiger partial charge in [-0.05, 0) is 25.0 Å². The minimum atomic E-state index is 0.0499. The highest BCUT2D eigenvalue weighted by molar-refractivity contribution is 7.80. The Labute approximate surface area is 129 Å². The molecular formula is C15H19ClN2OS. The van der Waals surface area contributed by atoms with Crippen LogP contribution in [0.1, 0.15) is 44.1 Å². The van der Waals surface area contributed by atoms with Crippen LogP contribution in [-0.4, -0.2) is 10.9 Å². The van der Waals surface area contributed by atoms with Gasteiger partial charge in [-0.25, -0.2) is 0 Å². The van der Waals surface area contributed by atoms with Crippen LogP contribution in [-0.2, 0) is 4.79 Å². The fourth-order valence-electron chi connectivity index (χ4n) is 2.55. The third-order valence-corrected chi connectivity index (χ3v) is 4.30. The van der Waals surface area contributed by atoms with E-state index >= 15 is 0 Å². The second-order valence-corrected chi connectivity index (χ2v) is 6.08. The van der Waals surface area contributed by atoms with Crippen LogP contribution in [0.2, 0.25) is 5.02 Å². The molecule has 1 aromatic rings. The highest BCUT2D eigenvalue weighted by atomic mass is 35.5. The van der Waals surface area contributed by atoms with Crippen molar-refractivity contribution in [2.24, 2.45) is 11.7 Å². The number of carbonyl (C=O) groups is 1. The molecule has 108 valence electrons. The maximum Gasteiger partial charge on any atom is 0.227 e. The minimum absolute atomic E-state index is 0.0499. The van der Waals surface area contributed by atoms with E-state index in [0.29, 0.717) is 21.3 Å². The van der Waals surface area contributed by atoms with E-state index in [4.69, 9.17) is 29.6 Å². The molecule has 0 radical (unpaired) electrons. The lowest BCUT2D eigenvalue weighted by Gasteiger charge is -2.15. The van der Waals surface area contributed by atoms with Gasteiger partial charge in [0.05, 0.1) is 10.7 Å².